The number of aromatic nitrogens is 2. The molecule has 0 unspecified atom stereocenters. The summed E-state index contributed by atoms with van der Waals surface area (Å²) >= 11 is 0. The van der Waals surface area contributed by atoms with Crippen LogP contribution < -0.4 is 10.7 Å². The molecule has 3 aromatic rings. The third-order valence-corrected chi connectivity index (χ3v) is 3.70. The SMILES string of the molecule is CCC(=O)Nc1cc(=N)c2ncc3cc(C(=O)C=COC)[nH]c1c32. The van der Waals surface area contributed by atoms with E-state index in [-0.39, 0.29) is 17.0 Å². The zero-order valence-electron chi connectivity index (χ0n) is 13.3. The number of methoxy groups -OCH3 is 1. The lowest BCUT2D eigenvalue weighted by atomic mass is 10.1. The Morgan fingerprint density at radius 3 is 2.92 bits per heavy atom. The number of ketones is 1. The smallest absolute Gasteiger partial charge is 0.224 e. The second-order valence-corrected chi connectivity index (χ2v) is 5.27. The summed E-state index contributed by atoms with van der Waals surface area (Å²) in [6, 6.07) is 3.21. The van der Waals surface area contributed by atoms with Crippen molar-refractivity contribution in [2.45, 2.75) is 13.3 Å². The van der Waals surface area contributed by atoms with Gasteiger partial charge in [0, 0.05) is 29.5 Å². The minimum absolute atomic E-state index is 0.172. The molecule has 3 N–H and O–H groups in total. The van der Waals surface area contributed by atoms with E-state index in [1.165, 1.54) is 25.5 Å². The Labute approximate surface area is 137 Å². The van der Waals surface area contributed by atoms with Gasteiger partial charge >= 0.3 is 0 Å². The minimum atomic E-state index is -0.264. The summed E-state index contributed by atoms with van der Waals surface area (Å²) in [6.45, 7) is 1.74. The predicted molar refractivity (Wildman–Crippen MR) is 90.0 cm³/mol. The first kappa shape index (κ1) is 15.7. The summed E-state index contributed by atoms with van der Waals surface area (Å²) in [4.78, 5) is 31.3. The lowest BCUT2D eigenvalue weighted by molar-refractivity contribution is -0.115. The summed E-state index contributed by atoms with van der Waals surface area (Å²) in [6.07, 6.45) is 4.54. The molecule has 0 fully saturated rings. The Morgan fingerprint density at radius 2 is 2.21 bits per heavy atom. The van der Waals surface area contributed by atoms with Crippen LogP contribution in [0.3, 0.4) is 0 Å². The summed E-state index contributed by atoms with van der Waals surface area (Å²) in [7, 11) is 1.46. The van der Waals surface area contributed by atoms with E-state index in [1.807, 2.05) is 0 Å². The zero-order valence-corrected chi connectivity index (χ0v) is 13.3. The monoisotopic (exact) mass is 324 g/mol. The van der Waals surface area contributed by atoms with Gasteiger partial charge in [0.1, 0.15) is 0 Å². The highest BCUT2D eigenvalue weighted by molar-refractivity contribution is 6.16. The molecule has 24 heavy (non-hydrogen) atoms. The van der Waals surface area contributed by atoms with Gasteiger partial charge in [-0.25, -0.2) is 0 Å². The number of carbonyl (C=O) groups excluding carboxylic acids is 2. The number of nitrogens with one attached hydrogen (secondary N) is 3. The number of ether oxygens (including phenoxy) is 1. The van der Waals surface area contributed by atoms with Crippen LogP contribution in [0.4, 0.5) is 5.69 Å². The lowest BCUT2D eigenvalue weighted by Crippen LogP contribution is -2.13. The van der Waals surface area contributed by atoms with Gasteiger partial charge in [0.05, 0.1) is 41.1 Å². The molecule has 7 heteroatoms. The number of allylic oxidation sites excluding steroid dienone is 1. The highest BCUT2D eigenvalue weighted by Crippen LogP contribution is 2.29. The number of anilines is 1. The average molecular weight is 324 g/mol. The molecule has 0 aliphatic carbocycles. The van der Waals surface area contributed by atoms with Gasteiger partial charge in [-0.2, -0.15) is 0 Å². The zero-order chi connectivity index (χ0) is 17.3. The van der Waals surface area contributed by atoms with Crippen molar-refractivity contribution in [3.8, 4) is 0 Å². The molecular formula is C17H16N4O3. The van der Waals surface area contributed by atoms with Gasteiger partial charge in [-0.1, -0.05) is 6.92 Å². The summed E-state index contributed by atoms with van der Waals surface area (Å²) in [5, 5.41) is 12.5. The van der Waals surface area contributed by atoms with E-state index >= 15 is 0 Å². The van der Waals surface area contributed by atoms with E-state index in [0.29, 0.717) is 28.8 Å². The highest BCUT2D eigenvalue weighted by atomic mass is 16.5. The van der Waals surface area contributed by atoms with E-state index in [1.54, 1.807) is 19.2 Å². The van der Waals surface area contributed by atoms with Crippen molar-refractivity contribution in [3.05, 3.63) is 41.7 Å². The van der Waals surface area contributed by atoms with Crippen molar-refractivity contribution in [3.63, 3.8) is 0 Å². The summed E-state index contributed by atoms with van der Waals surface area (Å²) in [5.41, 5.74) is 1.90. The van der Waals surface area contributed by atoms with E-state index in [4.69, 9.17) is 10.1 Å². The van der Waals surface area contributed by atoms with Crippen molar-refractivity contribution in [2.75, 3.05) is 12.4 Å². The molecule has 0 spiro atoms. The molecule has 2 heterocycles. The molecular weight excluding hydrogens is 308 g/mol. The first-order valence-corrected chi connectivity index (χ1v) is 7.41. The summed E-state index contributed by atoms with van der Waals surface area (Å²) < 4.78 is 4.77. The van der Waals surface area contributed by atoms with Crippen molar-refractivity contribution >= 4 is 39.2 Å². The third kappa shape index (κ3) is 2.60. The van der Waals surface area contributed by atoms with Crippen LogP contribution in [-0.2, 0) is 9.53 Å². The average Bonchev–Trinajstić information content (AvgIpc) is 3.01. The number of hydrogen-bond acceptors (Lipinski definition) is 5. The molecule has 0 saturated carbocycles. The second kappa shape index (κ2) is 6.11. The molecule has 0 saturated heterocycles. The number of pyridine rings is 1. The van der Waals surface area contributed by atoms with Crippen LogP contribution in [-0.4, -0.2) is 28.8 Å². The Hall–Kier alpha value is -3.22. The van der Waals surface area contributed by atoms with Crippen molar-refractivity contribution in [1.82, 2.24) is 9.97 Å². The molecule has 0 aliphatic rings. The highest BCUT2D eigenvalue weighted by Gasteiger charge is 2.16. The molecule has 0 bridgehead atoms. The van der Waals surface area contributed by atoms with E-state index in [2.05, 4.69) is 15.3 Å². The molecule has 0 aliphatic heterocycles. The van der Waals surface area contributed by atoms with Gasteiger partial charge in [-0.15, -0.1) is 0 Å². The molecule has 1 amide bonds. The number of rotatable bonds is 5. The number of benzene rings is 1. The Bertz CT molecular complexity index is 1020. The van der Waals surface area contributed by atoms with E-state index < -0.39 is 0 Å². The topological polar surface area (TPSA) is 108 Å². The van der Waals surface area contributed by atoms with Gasteiger partial charge in [0.25, 0.3) is 0 Å². The number of amides is 1. The fourth-order valence-corrected chi connectivity index (χ4v) is 2.54. The molecule has 2 aromatic heterocycles. The van der Waals surface area contributed by atoms with E-state index in [0.717, 1.165) is 10.8 Å². The van der Waals surface area contributed by atoms with Crippen LogP contribution in [0.2, 0.25) is 0 Å². The van der Waals surface area contributed by atoms with Crippen molar-refractivity contribution < 1.29 is 14.3 Å². The normalized spacial score (nSPS) is 11.4. The van der Waals surface area contributed by atoms with Crippen LogP contribution >= 0.6 is 0 Å². The first-order valence-electron chi connectivity index (χ1n) is 7.41. The van der Waals surface area contributed by atoms with Gasteiger partial charge in [-0.3, -0.25) is 20.0 Å². The van der Waals surface area contributed by atoms with Crippen LogP contribution in [0.5, 0.6) is 0 Å². The van der Waals surface area contributed by atoms with Crippen molar-refractivity contribution in [1.29, 1.82) is 5.41 Å². The maximum atomic E-state index is 12.2. The molecule has 3 rings (SSSR count). The lowest BCUT2D eigenvalue weighted by Gasteiger charge is -2.10. The quantitative estimate of drug-likeness (QED) is 0.380. The maximum Gasteiger partial charge on any atom is 0.224 e. The predicted octanol–water partition coefficient (Wildman–Crippen LogP) is 2.32. The van der Waals surface area contributed by atoms with Gasteiger partial charge < -0.3 is 15.0 Å². The number of carbonyl (C=O) groups is 2. The van der Waals surface area contributed by atoms with Crippen LogP contribution in [0.1, 0.15) is 23.8 Å². The molecule has 0 atom stereocenters. The van der Waals surface area contributed by atoms with E-state index in [9.17, 15) is 9.59 Å². The number of nitrogens with zero attached hydrogens (tertiary/aromatic N) is 1. The third-order valence-electron chi connectivity index (χ3n) is 3.70. The van der Waals surface area contributed by atoms with Gasteiger partial charge in [0.2, 0.25) is 11.7 Å². The standard InChI is InChI=1S/C17H16N4O3/c1-3-14(23)20-12-7-10(18)16-15-9(8-19-16)6-11(21-17(12)15)13(22)4-5-24-2/h4-8,18,21H,3H2,1-2H3,(H,20,23). The van der Waals surface area contributed by atoms with Crippen molar-refractivity contribution in [2.24, 2.45) is 0 Å². The van der Waals surface area contributed by atoms with Crippen LogP contribution in [0.25, 0.3) is 21.8 Å². The number of aromatic amines is 1. The number of H-pyrrole nitrogens is 1. The van der Waals surface area contributed by atoms with Gasteiger partial charge in [-0.05, 0) is 12.1 Å². The minimum Gasteiger partial charge on any atom is -0.504 e. The molecule has 1 aromatic carbocycles. The fourth-order valence-electron chi connectivity index (χ4n) is 2.54. The Morgan fingerprint density at radius 1 is 1.42 bits per heavy atom. The molecule has 122 valence electrons. The van der Waals surface area contributed by atoms with Crippen LogP contribution in [0.15, 0.2) is 30.7 Å². The Balaban J connectivity index is 2.26. The molecule has 0 radical (unpaired) electrons. The fraction of sp³-hybridized carbons (Fsp3) is 0.176. The largest absolute Gasteiger partial charge is 0.504 e. The number of hydrogen-bond donors (Lipinski definition) is 3. The van der Waals surface area contributed by atoms with Gasteiger partial charge in [0.15, 0.2) is 0 Å². The Kier molecular flexibility index (Phi) is 3.99. The van der Waals surface area contributed by atoms with Crippen LogP contribution in [0, 0.1) is 5.41 Å². The second-order valence-electron chi connectivity index (χ2n) is 5.27. The summed E-state index contributed by atoms with van der Waals surface area (Å²) in [5.74, 6) is -0.436. The first-order chi connectivity index (χ1) is 11.5. The maximum absolute atomic E-state index is 12.2. The molecule has 7 nitrogen and oxygen atoms in total.